The van der Waals surface area contributed by atoms with Crippen LogP contribution < -0.4 is 5.32 Å². The first kappa shape index (κ1) is 15.5. The van der Waals surface area contributed by atoms with Gasteiger partial charge in [0.1, 0.15) is 0 Å². The smallest absolute Gasteiger partial charge is 0.230 e. The van der Waals surface area contributed by atoms with Crippen LogP contribution in [0.1, 0.15) is 50.5 Å². The van der Waals surface area contributed by atoms with E-state index < -0.39 is 0 Å². The van der Waals surface area contributed by atoms with Gasteiger partial charge in [-0.05, 0) is 37.2 Å². The first-order valence-electron chi connectivity index (χ1n) is 8.73. The summed E-state index contributed by atoms with van der Waals surface area (Å²) in [6, 6.07) is 10.4. The minimum Gasteiger partial charge on any atom is -0.381 e. The third-order valence-corrected chi connectivity index (χ3v) is 5.33. The predicted octanol–water partition coefficient (Wildman–Crippen LogP) is 3.43. The van der Waals surface area contributed by atoms with Gasteiger partial charge >= 0.3 is 0 Å². The van der Waals surface area contributed by atoms with Crippen LogP contribution in [0, 0.1) is 5.92 Å². The Morgan fingerprint density at radius 3 is 2.64 bits per heavy atom. The number of hydrogen-bond donors (Lipinski definition) is 1. The maximum Gasteiger partial charge on any atom is 0.230 e. The van der Waals surface area contributed by atoms with Gasteiger partial charge in [-0.1, -0.05) is 49.6 Å². The van der Waals surface area contributed by atoms with Gasteiger partial charge in [0.15, 0.2) is 0 Å². The molecule has 2 fully saturated rings. The van der Waals surface area contributed by atoms with Crippen molar-refractivity contribution in [1.29, 1.82) is 0 Å². The fourth-order valence-electron chi connectivity index (χ4n) is 3.93. The molecule has 1 aliphatic carbocycles. The maximum absolute atomic E-state index is 13.0. The molecule has 1 atom stereocenters. The molecule has 1 aromatic rings. The lowest BCUT2D eigenvalue weighted by atomic mass is 9.68. The van der Waals surface area contributed by atoms with Crippen LogP contribution in [-0.4, -0.2) is 25.7 Å². The van der Waals surface area contributed by atoms with E-state index in [9.17, 15) is 4.79 Å². The molecule has 1 saturated heterocycles. The van der Waals surface area contributed by atoms with E-state index >= 15 is 0 Å². The molecule has 22 heavy (non-hydrogen) atoms. The third-order valence-electron chi connectivity index (χ3n) is 5.33. The first-order chi connectivity index (χ1) is 10.8. The van der Waals surface area contributed by atoms with Crippen LogP contribution in [0.15, 0.2) is 30.3 Å². The van der Waals surface area contributed by atoms with E-state index in [2.05, 4.69) is 29.6 Å². The highest BCUT2D eigenvalue weighted by molar-refractivity contribution is 5.88. The molecule has 0 spiro atoms. The minimum absolute atomic E-state index is 0.234. The van der Waals surface area contributed by atoms with Gasteiger partial charge in [0.05, 0.1) is 5.41 Å². The van der Waals surface area contributed by atoms with E-state index in [4.69, 9.17) is 4.74 Å². The van der Waals surface area contributed by atoms with E-state index in [0.717, 1.165) is 58.3 Å². The number of carbonyl (C=O) groups is 1. The summed E-state index contributed by atoms with van der Waals surface area (Å²) in [5.41, 5.74) is 0.891. The Hall–Kier alpha value is -1.35. The van der Waals surface area contributed by atoms with Gasteiger partial charge < -0.3 is 10.1 Å². The summed E-state index contributed by atoms with van der Waals surface area (Å²) in [4.78, 5) is 13.0. The van der Waals surface area contributed by atoms with Crippen LogP contribution in [0.4, 0.5) is 0 Å². The van der Waals surface area contributed by atoms with Crippen LogP contribution in [0.5, 0.6) is 0 Å². The minimum atomic E-state index is -0.300. The average molecular weight is 301 g/mol. The fourth-order valence-corrected chi connectivity index (χ4v) is 3.93. The molecule has 3 nitrogen and oxygen atoms in total. The molecule has 0 unspecified atom stereocenters. The number of ether oxygens (including phenoxy) is 1. The Morgan fingerprint density at radius 2 is 1.95 bits per heavy atom. The third kappa shape index (κ3) is 3.35. The Bertz CT molecular complexity index is 473. The van der Waals surface area contributed by atoms with Gasteiger partial charge in [-0.15, -0.1) is 0 Å². The van der Waals surface area contributed by atoms with Gasteiger partial charge in [-0.3, -0.25) is 4.79 Å². The van der Waals surface area contributed by atoms with Gasteiger partial charge in [-0.25, -0.2) is 0 Å². The molecule has 1 amide bonds. The van der Waals surface area contributed by atoms with E-state index in [1.807, 2.05) is 6.07 Å². The molecule has 1 aliphatic heterocycles. The molecule has 0 bridgehead atoms. The molecule has 0 aromatic heterocycles. The molecular formula is C19H27NO2. The molecule has 0 radical (unpaired) electrons. The lowest BCUT2D eigenvalue weighted by molar-refractivity contribution is -0.128. The Labute approximate surface area is 133 Å². The molecule has 2 aliphatic rings. The zero-order chi connectivity index (χ0) is 15.3. The summed E-state index contributed by atoms with van der Waals surface area (Å²) < 4.78 is 5.41. The lowest BCUT2D eigenvalue weighted by Crippen LogP contribution is -2.46. The van der Waals surface area contributed by atoms with Crippen LogP contribution in [0.3, 0.4) is 0 Å². The van der Waals surface area contributed by atoms with Crippen molar-refractivity contribution in [3.05, 3.63) is 35.9 Å². The van der Waals surface area contributed by atoms with Gasteiger partial charge in [0.25, 0.3) is 0 Å². The van der Waals surface area contributed by atoms with E-state index in [-0.39, 0.29) is 11.3 Å². The highest BCUT2D eigenvalue weighted by Gasteiger charge is 2.40. The fraction of sp³-hybridized carbons (Fsp3) is 0.632. The normalized spacial score (nSPS) is 24.1. The molecule has 3 heteroatoms. The summed E-state index contributed by atoms with van der Waals surface area (Å²) in [5.74, 6) is 0.858. The SMILES string of the molecule is O=C(NCC[C@H]1CCOC1)C1(c2ccccc2)CCCCC1. The van der Waals surface area contributed by atoms with E-state index in [0.29, 0.717) is 5.92 Å². The van der Waals surface area contributed by atoms with Crippen LogP contribution in [0.2, 0.25) is 0 Å². The monoisotopic (exact) mass is 301 g/mol. The topological polar surface area (TPSA) is 38.3 Å². The zero-order valence-electron chi connectivity index (χ0n) is 13.4. The number of amides is 1. The molecule has 1 saturated carbocycles. The van der Waals surface area contributed by atoms with Crippen LogP contribution in [-0.2, 0) is 14.9 Å². The zero-order valence-corrected chi connectivity index (χ0v) is 13.4. The Balaban J connectivity index is 1.65. The number of rotatable bonds is 5. The quantitative estimate of drug-likeness (QED) is 0.905. The molecule has 1 N–H and O–H groups in total. The first-order valence-corrected chi connectivity index (χ1v) is 8.73. The summed E-state index contributed by atoms with van der Waals surface area (Å²) in [7, 11) is 0. The van der Waals surface area contributed by atoms with Crippen molar-refractivity contribution < 1.29 is 9.53 Å². The van der Waals surface area contributed by atoms with Gasteiger partial charge in [-0.2, -0.15) is 0 Å². The molecule has 1 aromatic carbocycles. The second kappa shape index (κ2) is 7.28. The Morgan fingerprint density at radius 1 is 1.18 bits per heavy atom. The largest absolute Gasteiger partial charge is 0.381 e. The van der Waals surface area contributed by atoms with Gasteiger partial charge in [0.2, 0.25) is 5.91 Å². The molecule has 120 valence electrons. The standard InChI is InChI=1S/C19H27NO2/c21-18(20-13-9-16-10-14-22-15-16)19(11-5-2-6-12-19)17-7-3-1-4-8-17/h1,3-4,7-8,16H,2,5-6,9-15H2,(H,20,21)/t16-/m0/s1. The highest BCUT2D eigenvalue weighted by Crippen LogP contribution is 2.39. The number of nitrogens with one attached hydrogen (secondary N) is 1. The van der Waals surface area contributed by atoms with Crippen molar-refractivity contribution in [2.45, 2.75) is 50.4 Å². The lowest BCUT2D eigenvalue weighted by Gasteiger charge is -2.36. The summed E-state index contributed by atoms with van der Waals surface area (Å²) in [6.07, 6.45) is 7.69. The molecule has 3 rings (SSSR count). The number of carbonyl (C=O) groups excluding carboxylic acids is 1. The van der Waals surface area contributed by atoms with Crippen LogP contribution >= 0.6 is 0 Å². The molecular weight excluding hydrogens is 274 g/mol. The summed E-state index contributed by atoms with van der Waals surface area (Å²) in [6.45, 7) is 2.52. The number of benzene rings is 1. The molecule has 1 heterocycles. The van der Waals surface area contributed by atoms with Gasteiger partial charge in [0, 0.05) is 19.8 Å². The summed E-state index contributed by atoms with van der Waals surface area (Å²) >= 11 is 0. The predicted molar refractivity (Wildman–Crippen MR) is 87.8 cm³/mol. The number of hydrogen-bond acceptors (Lipinski definition) is 2. The van der Waals surface area contributed by atoms with Crippen molar-refractivity contribution in [2.75, 3.05) is 19.8 Å². The van der Waals surface area contributed by atoms with E-state index in [1.165, 1.54) is 12.0 Å². The Kier molecular flexibility index (Phi) is 5.14. The van der Waals surface area contributed by atoms with Crippen molar-refractivity contribution in [3.8, 4) is 0 Å². The van der Waals surface area contributed by atoms with E-state index in [1.54, 1.807) is 0 Å². The van der Waals surface area contributed by atoms with Crippen molar-refractivity contribution in [3.63, 3.8) is 0 Å². The van der Waals surface area contributed by atoms with Crippen molar-refractivity contribution in [2.24, 2.45) is 5.92 Å². The summed E-state index contributed by atoms with van der Waals surface area (Å²) in [5, 5.41) is 3.22. The van der Waals surface area contributed by atoms with Crippen molar-refractivity contribution in [1.82, 2.24) is 5.32 Å². The second-order valence-electron chi connectivity index (χ2n) is 6.78. The highest BCUT2D eigenvalue weighted by atomic mass is 16.5. The maximum atomic E-state index is 13.0. The van der Waals surface area contributed by atoms with Crippen LogP contribution in [0.25, 0.3) is 0 Å². The second-order valence-corrected chi connectivity index (χ2v) is 6.78. The average Bonchev–Trinajstić information content (AvgIpc) is 3.09. The van der Waals surface area contributed by atoms with Crippen molar-refractivity contribution >= 4 is 5.91 Å².